The molecule has 0 spiro atoms. The van der Waals surface area contributed by atoms with Crippen molar-refractivity contribution < 1.29 is 22.7 Å². The molecule has 0 aliphatic carbocycles. The minimum absolute atomic E-state index is 0. The number of carbonyl (C=O) groups is 1. The zero-order valence-corrected chi connectivity index (χ0v) is 18.2. The molecular weight excluding hydrogens is 451 g/mol. The van der Waals surface area contributed by atoms with E-state index in [0.717, 1.165) is 43.1 Å². The Morgan fingerprint density at radius 3 is 2.55 bits per heavy atom. The van der Waals surface area contributed by atoms with Crippen LogP contribution in [-0.2, 0) is 4.74 Å². The maximum absolute atomic E-state index is 14.3. The lowest BCUT2D eigenvalue weighted by molar-refractivity contribution is 0.0376. The molecule has 0 saturated carbocycles. The van der Waals surface area contributed by atoms with Crippen molar-refractivity contribution in [3.05, 3.63) is 59.4 Å². The monoisotopic (exact) mass is 471 g/mol. The Morgan fingerprint density at radius 2 is 1.81 bits per heavy atom. The summed E-state index contributed by atoms with van der Waals surface area (Å²) in [6, 6.07) is 7.07. The van der Waals surface area contributed by atoms with E-state index in [-0.39, 0.29) is 18.0 Å². The summed E-state index contributed by atoms with van der Waals surface area (Å²) in [4.78, 5) is 21.2. The van der Waals surface area contributed by atoms with Gasteiger partial charge in [-0.05, 0) is 36.8 Å². The number of nitrogens with zero attached hydrogens (tertiary/aromatic N) is 3. The van der Waals surface area contributed by atoms with Gasteiger partial charge in [0.05, 0.1) is 29.0 Å². The number of hydrogen-bond donors (Lipinski definition) is 0. The number of morpholine rings is 1. The minimum Gasteiger partial charge on any atom is -0.379 e. The van der Waals surface area contributed by atoms with Crippen LogP contribution in [-0.4, -0.2) is 55.2 Å². The SMILES string of the molecule is Cl.O=C(c1ccc(F)cc1F)N(CCCN1CCOCC1)c1nc2ccc(F)cc2s1. The molecule has 0 bridgehead atoms. The second kappa shape index (κ2) is 10.4. The van der Waals surface area contributed by atoms with Gasteiger partial charge in [-0.1, -0.05) is 11.3 Å². The fourth-order valence-electron chi connectivity index (χ4n) is 3.37. The van der Waals surface area contributed by atoms with E-state index in [0.29, 0.717) is 47.6 Å². The molecule has 1 amide bonds. The van der Waals surface area contributed by atoms with E-state index in [2.05, 4.69) is 9.88 Å². The third-order valence-corrected chi connectivity index (χ3v) is 5.98. The van der Waals surface area contributed by atoms with E-state index in [4.69, 9.17) is 4.74 Å². The Labute approximate surface area is 187 Å². The highest BCUT2D eigenvalue weighted by molar-refractivity contribution is 7.22. The Kier molecular flexibility index (Phi) is 7.88. The third kappa shape index (κ3) is 5.54. The van der Waals surface area contributed by atoms with E-state index in [1.54, 1.807) is 6.07 Å². The zero-order valence-electron chi connectivity index (χ0n) is 16.5. The molecule has 4 rings (SSSR count). The Morgan fingerprint density at radius 1 is 1.10 bits per heavy atom. The van der Waals surface area contributed by atoms with E-state index in [1.165, 1.54) is 17.0 Å². The van der Waals surface area contributed by atoms with Crippen LogP contribution in [0.25, 0.3) is 10.2 Å². The standard InChI is InChI=1S/C21H20F3N3O2S.ClH/c22-14-2-4-16(17(24)12-14)20(28)27(7-1-6-26-8-10-29-11-9-26)21-25-18-5-3-15(23)13-19(18)30-21;/h2-5,12-13H,1,6-11H2;1H. The predicted octanol–water partition coefficient (Wildman–Crippen LogP) is 4.50. The number of thiazole rings is 1. The van der Waals surface area contributed by atoms with Crippen LogP contribution in [0.5, 0.6) is 0 Å². The summed E-state index contributed by atoms with van der Waals surface area (Å²) >= 11 is 1.16. The number of halogens is 4. The van der Waals surface area contributed by atoms with E-state index in [1.807, 2.05) is 0 Å². The number of carbonyl (C=O) groups excluding carboxylic acids is 1. The molecule has 1 aliphatic rings. The van der Waals surface area contributed by atoms with Gasteiger partial charge in [0.15, 0.2) is 5.13 Å². The molecule has 5 nitrogen and oxygen atoms in total. The number of ether oxygens (including phenoxy) is 1. The van der Waals surface area contributed by atoms with Crippen molar-refractivity contribution in [2.24, 2.45) is 0 Å². The highest BCUT2D eigenvalue weighted by Crippen LogP contribution is 2.31. The molecule has 0 radical (unpaired) electrons. The van der Waals surface area contributed by atoms with Crippen molar-refractivity contribution in [2.75, 3.05) is 44.3 Å². The van der Waals surface area contributed by atoms with Crippen molar-refractivity contribution in [2.45, 2.75) is 6.42 Å². The summed E-state index contributed by atoms with van der Waals surface area (Å²) in [5.41, 5.74) is 0.329. The fourth-order valence-corrected chi connectivity index (χ4v) is 4.39. The summed E-state index contributed by atoms with van der Waals surface area (Å²) in [6.07, 6.45) is 0.638. The van der Waals surface area contributed by atoms with Gasteiger partial charge in [-0.25, -0.2) is 18.2 Å². The maximum Gasteiger partial charge on any atom is 0.263 e. The first-order valence-corrected chi connectivity index (χ1v) is 10.5. The zero-order chi connectivity index (χ0) is 21.1. The van der Waals surface area contributed by atoms with Gasteiger partial charge in [0.25, 0.3) is 5.91 Å². The molecule has 1 saturated heterocycles. The van der Waals surface area contributed by atoms with Crippen molar-refractivity contribution in [3.63, 3.8) is 0 Å². The summed E-state index contributed by atoms with van der Waals surface area (Å²) in [5, 5.41) is 0.353. The number of fused-ring (bicyclic) bond motifs is 1. The number of benzene rings is 2. The molecule has 1 fully saturated rings. The van der Waals surface area contributed by atoms with Crippen molar-refractivity contribution >= 4 is 45.0 Å². The van der Waals surface area contributed by atoms with Gasteiger partial charge in [0.2, 0.25) is 0 Å². The summed E-state index contributed by atoms with van der Waals surface area (Å²) in [6.45, 7) is 4.04. The smallest absolute Gasteiger partial charge is 0.263 e. The molecular formula is C21H21ClF3N3O2S. The molecule has 31 heavy (non-hydrogen) atoms. The molecule has 2 aromatic carbocycles. The van der Waals surface area contributed by atoms with Gasteiger partial charge >= 0.3 is 0 Å². The van der Waals surface area contributed by atoms with Gasteiger partial charge in [-0.3, -0.25) is 14.6 Å². The second-order valence-corrected chi connectivity index (χ2v) is 8.01. The first kappa shape index (κ1) is 23.5. The molecule has 3 aromatic rings. The third-order valence-electron chi connectivity index (χ3n) is 4.94. The number of rotatable bonds is 6. The molecule has 0 N–H and O–H groups in total. The molecule has 2 heterocycles. The van der Waals surface area contributed by atoms with Crippen LogP contribution < -0.4 is 4.90 Å². The quantitative estimate of drug-likeness (QED) is 0.531. The van der Waals surface area contributed by atoms with Crippen LogP contribution in [0.4, 0.5) is 18.3 Å². The minimum atomic E-state index is -0.926. The van der Waals surface area contributed by atoms with Gasteiger partial charge in [-0.2, -0.15) is 0 Å². The van der Waals surface area contributed by atoms with Gasteiger partial charge in [0.1, 0.15) is 17.5 Å². The summed E-state index contributed by atoms with van der Waals surface area (Å²) in [5.74, 6) is -2.68. The fraction of sp³-hybridized carbons (Fsp3) is 0.333. The lowest BCUT2D eigenvalue weighted by Gasteiger charge is -2.27. The molecule has 166 valence electrons. The normalized spacial score (nSPS) is 14.4. The molecule has 0 unspecified atom stereocenters. The number of amides is 1. The molecule has 0 atom stereocenters. The predicted molar refractivity (Wildman–Crippen MR) is 117 cm³/mol. The van der Waals surface area contributed by atoms with Crippen molar-refractivity contribution in [1.82, 2.24) is 9.88 Å². The number of aromatic nitrogens is 1. The van der Waals surface area contributed by atoms with Crippen LogP contribution in [0.15, 0.2) is 36.4 Å². The summed E-state index contributed by atoms with van der Waals surface area (Å²) < 4.78 is 47.1. The number of hydrogen-bond acceptors (Lipinski definition) is 5. The average Bonchev–Trinajstić information content (AvgIpc) is 3.14. The van der Waals surface area contributed by atoms with Crippen LogP contribution >= 0.6 is 23.7 Å². The van der Waals surface area contributed by atoms with Crippen LogP contribution in [0.3, 0.4) is 0 Å². The maximum atomic E-state index is 14.3. The van der Waals surface area contributed by atoms with Gasteiger partial charge < -0.3 is 4.74 Å². The van der Waals surface area contributed by atoms with E-state index in [9.17, 15) is 18.0 Å². The average molecular weight is 472 g/mol. The topological polar surface area (TPSA) is 45.7 Å². The largest absolute Gasteiger partial charge is 0.379 e. The van der Waals surface area contributed by atoms with Gasteiger partial charge in [-0.15, -0.1) is 12.4 Å². The Balaban J connectivity index is 0.00000272. The van der Waals surface area contributed by atoms with Crippen molar-refractivity contribution in [3.8, 4) is 0 Å². The Bertz CT molecular complexity index is 1060. The number of anilines is 1. The lowest BCUT2D eigenvalue weighted by Crippen LogP contribution is -2.39. The molecule has 1 aliphatic heterocycles. The lowest BCUT2D eigenvalue weighted by atomic mass is 10.1. The first-order chi connectivity index (χ1) is 14.5. The van der Waals surface area contributed by atoms with Crippen LogP contribution in [0, 0.1) is 17.5 Å². The Hall–Kier alpha value is -2.20. The van der Waals surface area contributed by atoms with Crippen molar-refractivity contribution in [1.29, 1.82) is 0 Å². The molecule has 10 heteroatoms. The van der Waals surface area contributed by atoms with E-state index < -0.39 is 23.4 Å². The van der Waals surface area contributed by atoms with Gasteiger partial charge in [0, 0.05) is 32.2 Å². The highest BCUT2D eigenvalue weighted by Gasteiger charge is 2.24. The summed E-state index contributed by atoms with van der Waals surface area (Å²) in [7, 11) is 0. The van der Waals surface area contributed by atoms with Crippen LogP contribution in [0.2, 0.25) is 0 Å². The first-order valence-electron chi connectivity index (χ1n) is 9.64. The second-order valence-electron chi connectivity index (χ2n) is 7.00. The van der Waals surface area contributed by atoms with E-state index >= 15 is 0 Å². The highest BCUT2D eigenvalue weighted by atomic mass is 35.5. The van der Waals surface area contributed by atoms with Crippen LogP contribution in [0.1, 0.15) is 16.8 Å². The molecule has 1 aromatic heterocycles.